The Hall–Kier alpha value is -2.45. The van der Waals surface area contributed by atoms with Gasteiger partial charge in [0.05, 0.1) is 30.0 Å². The molecule has 2 aliphatic rings. The Bertz CT molecular complexity index is 968. The Labute approximate surface area is 199 Å². The number of ether oxygens (including phenoxy) is 2. The first-order valence-electron chi connectivity index (χ1n) is 11.7. The topological polar surface area (TPSA) is 72.0 Å². The molecule has 2 amide bonds. The van der Waals surface area contributed by atoms with Gasteiger partial charge >= 0.3 is 0 Å². The number of nitrogens with zero attached hydrogens (tertiary/aromatic N) is 3. The molecule has 33 heavy (non-hydrogen) atoms. The van der Waals surface area contributed by atoms with Crippen LogP contribution >= 0.6 is 11.3 Å². The van der Waals surface area contributed by atoms with Crippen molar-refractivity contribution in [2.45, 2.75) is 39.0 Å². The van der Waals surface area contributed by atoms with Crippen LogP contribution < -0.4 is 4.74 Å². The largest absolute Gasteiger partial charge is 0.492 e. The maximum absolute atomic E-state index is 13.0. The summed E-state index contributed by atoms with van der Waals surface area (Å²) in [6, 6.07) is 7.48. The summed E-state index contributed by atoms with van der Waals surface area (Å²) in [4.78, 5) is 34.6. The first-order valence-corrected chi connectivity index (χ1v) is 12.6. The van der Waals surface area contributed by atoms with Gasteiger partial charge in [-0.25, -0.2) is 4.98 Å². The minimum atomic E-state index is -0.0550. The SMILES string of the molecule is Cc1ncsc1C(=O)N1CCC2(CCCCOCCN(C)C(=O)c3ccccc3OC2)CC1. The highest BCUT2D eigenvalue weighted by atomic mass is 32.1. The minimum Gasteiger partial charge on any atom is -0.492 e. The van der Waals surface area contributed by atoms with E-state index in [1.54, 1.807) is 17.5 Å². The number of aryl methyl sites for hydroxylation is 1. The molecule has 3 heterocycles. The number of hydrogen-bond donors (Lipinski definition) is 0. The van der Waals surface area contributed by atoms with Crippen LogP contribution in [0.15, 0.2) is 29.8 Å². The number of para-hydroxylation sites is 1. The number of hydrogen-bond acceptors (Lipinski definition) is 6. The summed E-state index contributed by atoms with van der Waals surface area (Å²) in [6.45, 7) is 5.64. The quantitative estimate of drug-likeness (QED) is 0.628. The molecule has 0 unspecified atom stereocenters. The maximum atomic E-state index is 13.0. The Morgan fingerprint density at radius 1 is 1.09 bits per heavy atom. The van der Waals surface area contributed by atoms with E-state index in [4.69, 9.17) is 9.47 Å². The highest BCUT2D eigenvalue weighted by Gasteiger charge is 2.37. The summed E-state index contributed by atoms with van der Waals surface area (Å²) >= 11 is 1.41. The van der Waals surface area contributed by atoms with Crippen molar-refractivity contribution in [1.82, 2.24) is 14.8 Å². The van der Waals surface area contributed by atoms with Crippen molar-refractivity contribution in [3.63, 3.8) is 0 Å². The molecule has 1 aromatic heterocycles. The van der Waals surface area contributed by atoms with Gasteiger partial charge in [-0.3, -0.25) is 9.59 Å². The van der Waals surface area contributed by atoms with Gasteiger partial charge in [0, 0.05) is 38.7 Å². The second-order valence-corrected chi connectivity index (χ2v) is 9.99. The molecule has 1 fully saturated rings. The maximum Gasteiger partial charge on any atom is 0.265 e. The third-order valence-electron chi connectivity index (χ3n) is 6.87. The Kier molecular flexibility index (Phi) is 7.65. The molecule has 0 saturated carbocycles. The fourth-order valence-electron chi connectivity index (χ4n) is 4.62. The zero-order valence-corrected chi connectivity index (χ0v) is 20.4. The molecule has 0 N–H and O–H groups in total. The van der Waals surface area contributed by atoms with Crippen LogP contribution in [0.4, 0.5) is 0 Å². The summed E-state index contributed by atoms with van der Waals surface area (Å²) in [6.07, 6.45) is 4.83. The van der Waals surface area contributed by atoms with Crippen LogP contribution in [0.2, 0.25) is 0 Å². The van der Waals surface area contributed by atoms with Crippen molar-refractivity contribution in [3.8, 4) is 5.75 Å². The number of fused-ring (bicyclic) bond motifs is 1. The van der Waals surface area contributed by atoms with Crippen LogP contribution in [0, 0.1) is 12.3 Å². The average molecular weight is 472 g/mol. The lowest BCUT2D eigenvalue weighted by Crippen LogP contribution is -2.45. The van der Waals surface area contributed by atoms with Crippen molar-refractivity contribution in [3.05, 3.63) is 45.9 Å². The van der Waals surface area contributed by atoms with Crippen LogP contribution in [-0.2, 0) is 4.74 Å². The van der Waals surface area contributed by atoms with E-state index in [1.165, 1.54) is 11.3 Å². The highest BCUT2D eigenvalue weighted by Crippen LogP contribution is 2.38. The monoisotopic (exact) mass is 471 g/mol. The Balaban J connectivity index is 1.49. The number of piperidine rings is 1. The molecule has 7 nitrogen and oxygen atoms in total. The third-order valence-corrected chi connectivity index (χ3v) is 7.78. The zero-order chi connectivity index (χ0) is 23.3. The minimum absolute atomic E-state index is 0.0221. The van der Waals surface area contributed by atoms with Crippen molar-refractivity contribution in [2.24, 2.45) is 5.41 Å². The molecule has 8 heteroatoms. The number of benzene rings is 1. The number of aromatic nitrogens is 1. The van der Waals surface area contributed by atoms with Gasteiger partial charge in [-0.2, -0.15) is 0 Å². The zero-order valence-electron chi connectivity index (χ0n) is 19.5. The van der Waals surface area contributed by atoms with Crippen LogP contribution in [0.5, 0.6) is 5.75 Å². The Morgan fingerprint density at radius 3 is 2.64 bits per heavy atom. The predicted octanol–water partition coefficient (Wildman–Crippen LogP) is 4.03. The average Bonchev–Trinajstić information content (AvgIpc) is 3.27. The Morgan fingerprint density at radius 2 is 1.88 bits per heavy atom. The fraction of sp³-hybridized carbons (Fsp3) is 0.560. The predicted molar refractivity (Wildman–Crippen MR) is 128 cm³/mol. The van der Waals surface area contributed by atoms with Crippen molar-refractivity contribution in [1.29, 1.82) is 0 Å². The lowest BCUT2D eigenvalue weighted by atomic mass is 9.75. The fourth-order valence-corrected chi connectivity index (χ4v) is 5.39. The molecule has 0 radical (unpaired) electrons. The lowest BCUT2D eigenvalue weighted by Gasteiger charge is -2.42. The first kappa shape index (κ1) is 23.7. The molecule has 178 valence electrons. The molecule has 1 aromatic carbocycles. The molecule has 1 spiro atoms. The molecule has 0 atom stereocenters. The number of thiazole rings is 1. The summed E-state index contributed by atoms with van der Waals surface area (Å²) < 4.78 is 12.1. The molecule has 2 aliphatic heterocycles. The highest BCUT2D eigenvalue weighted by molar-refractivity contribution is 7.11. The normalized spacial score (nSPS) is 20.1. The molecule has 1 saturated heterocycles. The van der Waals surface area contributed by atoms with E-state index in [9.17, 15) is 9.59 Å². The molecule has 2 aromatic rings. The van der Waals surface area contributed by atoms with Crippen LogP contribution in [-0.4, -0.2) is 73.1 Å². The third kappa shape index (κ3) is 5.55. The standard InChI is InChI=1S/C25H33N3O4S/c1-19-22(33-18-26-19)24(30)28-12-10-25(11-13-28)9-5-6-15-31-16-14-27(2)23(29)20-7-3-4-8-21(20)32-17-25/h3-4,7-8,18H,5-6,9-17H2,1-2H3. The second kappa shape index (κ2) is 10.7. The van der Waals surface area contributed by atoms with Gasteiger partial charge in [0.25, 0.3) is 11.8 Å². The number of likely N-dealkylation sites (tertiary alicyclic amines) is 1. The summed E-state index contributed by atoms with van der Waals surface area (Å²) in [7, 11) is 1.80. The van der Waals surface area contributed by atoms with E-state index in [0.717, 1.165) is 42.7 Å². The lowest BCUT2D eigenvalue weighted by molar-refractivity contribution is 0.0331. The van der Waals surface area contributed by atoms with Gasteiger partial charge in [-0.15, -0.1) is 11.3 Å². The van der Waals surface area contributed by atoms with Gasteiger partial charge in [0.2, 0.25) is 0 Å². The van der Waals surface area contributed by atoms with E-state index in [-0.39, 0.29) is 17.2 Å². The number of amides is 2. The number of carbonyl (C=O) groups is 2. The number of rotatable bonds is 1. The molecular weight excluding hydrogens is 438 g/mol. The van der Waals surface area contributed by atoms with Crippen LogP contribution in [0.25, 0.3) is 0 Å². The van der Waals surface area contributed by atoms with E-state index in [1.807, 2.05) is 36.1 Å². The van der Waals surface area contributed by atoms with E-state index < -0.39 is 0 Å². The van der Waals surface area contributed by atoms with Gasteiger partial charge in [0.15, 0.2) is 0 Å². The first-order chi connectivity index (χ1) is 16.0. The molecular formula is C25H33N3O4S. The van der Waals surface area contributed by atoms with Gasteiger partial charge < -0.3 is 19.3 Å². The van der Waals surface area contributed by atoms with Crippen molar-refractivity contribution >= 4 is 23.2 Å². The van der Waals surface area contributed by atoms with E-state index in [0.29, 0.717) is 50.8 Å². The van der Waals surface area contributed by atoms with Crippen LogP contribution in [0.1, 0.15) is 57.8 Å². The smallest absolute Gasteiger partial charge is 0.265 e. The van der Waals surface area contributed by atoms with Crippen molar-refractivity contribution in [2.75, 3.05) is 46.5 Å². The van der Waals surface area contributed by atoms with E-state index >= 15 is 0 Å². The molecule has 0 aliphatic carbocycles. The van der Waals surface area contributed by atoms with E-state index in [2.05, 4.69) is 4.98 Å². The summed E-state index contributed by atoms with van der Waals surface area (Å²) in [5.41, 5.74) is 3.10. The summed E-state index contributed by atoms with van der Waals surface area (Å²) in [5.74, 6) is 0.658. The van der Waals surface area contributed by atoms with Gasteiger partial charge in [-0.1, -0.05) is 18.6 Å². The second-order valence-electron chi connectivity index (χ2n) is 9.14. The molecule has 4 rings (SSSR count). The summed E-state index contributed by atoms with van der Waals surface area (Å²) in [5, 5.41) is 0. The molecule has 0 bridgehead atoms. The van der Waals surface area contributed by atoms with Gasteiger partial charge in [-0.05, 0) is 44.7 Å². The number of likely N-dealkylation sites (N-methyl/N-ethyl adjacent to an activating group) is 1. The van der Waals surface area contributed by atoms with Gasteiger partial charge in [0.1, 0.15) is 10.6 Å². The number of carbonyl (C=O) groups excluding carboxylic acids is 2. The van der Waals surface area contributed by atoms with Crippen LogP contribution in [0.3, 0.4) is 0 Å². The van der Waals surface area contributed by atoms with Crippen molar-refractivity contribution < 1.29 is 19.1 Å².